The Morgan fingerprint density at radius 2 is 2.12 bits per heavy atom. The molecule has 24 heavy (non-hydrogen) atoms. The second-order valence-corrected chi connectivity index (χ2v) is 5.44. The zero-order chi connectivity index (χ0) is 16.7. The molecule has 0 spiro atoms. The predicted octanol–water partition coefficient (Wildman–Crippen LogP) is 1.96. The van der Waals surface area contributed by atoms with Crippen molar-refractivity contribution in [3.63, 3.8) is 0 Å². The molecule has 0 atom stereocenters. The fraction of sp³-hybridized carbons (Fsp3) is 0.625. The zero-order valence-corrected chi connectivity index (χ0v) is 16.6. The summed E-state index contributed by atoms with van der Waals surface area (Å²) >= 11 is 0. The molecule has 0 aromatic carbocycles. The summed E-state index contributed by atoms with van der Waals surface area (Å²) in [6, 6.07) is 3.31. The van der Waals surface area contributed by atoms with E-state index in [1.165, 1.54) is 0 Å². The van der Waals surface area contributed by atoms with E-state index in [-0.39, 0.29) is 29.7 Å². The molecule has 1 aliphatic rings. The average Bonchev–Trinajstić information content (AvgIpc) is 3.02. The minimum Gasteiger partial charge on any atom is -0.454 e. The number of guanidine groups is 1. The van der Waals surface area contributed by atoms with Gasteiger partial charge in [0, 0.05) is 26.2 Å². The first-order valence-corrected chi connectivity index (χ1v) is 8.17. The molecule has 0 saturated carbocycles. The van der Waals surface area contributed by atoms with Gasteiger partial charge in [0.25, 0.3) is 5.91 Å². The summed E-state index contributed by atoms with van der Waals surface area (Å²) in [5.74, 6) is 1.08. The highest BCUT2D eigenvalue weighted by molar-refractivity contribution is 14.0. The number of nitrogens with two attached hydrogens (primary N) is 1. The van der Waals surface area contributed by atoms with Gasteiger partial charge in [0.2, 0.25) is 0 Å². The number of likely N-dealkylation sites (tertiary alicyclic amines) is 1. The number of carbonyl (C=O) groups is 1. The van der Waals surface area contributed by atoms with Crippen LogP contribution in [0.15, 0.2) is 21.5 Å². The van der Waals surface area contributed by atoms with Gasteiger partial charge < -0.3 is 25.1 Å². The number of piperidine rings is 1. The van der Waals surface area contributed by atoms with E-state index in [1.54, 1.807) is 12.1 Å². The highest BCUT2D eigenvalue weighted by Crippen LogP contribution is 2.14. The van der Waals surface area contributed by atoms with Gasteiger partial charge in [-0.2, -0.15) is 0 Å². The van der Waals surface area contributed by atoms with Crippen LogP contribution >= 0.6 is 24.0 Å². The summed E-state index contributed by atoms with van der Waals surface area (Å²) in [7, 11) is 0. The maximum atomic E-state index is 11.0. The molecule has 3 N–H and O–H groups in total. The molecule has 0 bridgehead atoms. The Labute approximate surface area is 160 Å². The fourth-order valence-electron chi connectivity index (χ4n) is 2.64. The first kappa shape index (κ1) is 20.8. The van der Waals surface area contributed by atoms with Crippen molar-refractivity contribution in [1.29, 1.82) is 0 Å². The maximum Gasteiger partial charge on any atom is 0.284 e. The number of primary amides is 1. The van der Waals surface area contributed by atoms with Gasteiger partial charge in [-0.1, -0.05) is 0 Å². The standard InChI is InChI=1S/C16H26N4O3.HI/c1-3-18-16(20-9-7-12(8-10-20)22-4-2)19-11-13-5-6-14(23-13)15(17)21;/h5-6,12H,3-4,7-11H2,1-2H3,(H2,17,21)(H,18,19);1H. The summed E-state index contributed by atoms with van der Waals surface area (Å²) in [4.78, 5) is 17.9. The van der Waals surface area contributed by atoms with Gasteiger partial charge in [-0.15, -0.1) is 24.0 Å². The molecule has 2 rings (SSSR count). The van der Waals surface area contributed by atoms with E-state index in [9.17, 15) is 4.79 Å². The van der Waals surface area contributed by atoms with Crippen LogP contribution in [-0.4, -0.2) is 49.1 Å². The number of hydrogen-bond acceptors (Lipinski definition) is 4. The molecule has 1 saturated heterocycles. The second kappa shape index (κ2) is 10.5. The molecule has 7 nitrogen and oxygen atoms in total. The predicted molar refractivity (Wildman–Crippen MR) is 104 cm³/mol. The van der Waals surface area contributed by atoms with E-state index < -0.39 is 5.91 Å². The number of hydrogen-bond donors (Lipinski definition) is 2. The van der Waals surface area contributed by atoms with E-state index in [1.807, 2.05) is 13.8 Å². The quantitative estimate of drug-likeness (QED) is 0.393. The number of rotatable bonds is 6. The lowest BCUT2D eigenvalue weighted by atomic mass is 10.1. The Morgan fingerprint density at radius 3 is 2.67 bits per heavy atom. The largest absolute Gasteiger partial charge is 0.454 e. The van der Waals surface area contributed by atoms with Crippen LogP contribution in [0.25, 0.3) is 0 Å². The van der Waals surface area contributed by atoms with Crippen LogP contribution in [0.3, 0.4) is 0 Å². The number of ether oxygens (including phenoxy) is 1. The van der Waals surface area contributed by atoms with Gasteiger partial charge in [-0.3, -0.25) is 4.79 Å². The Hall–Kier alpha value is -1.29. The summed E-state index contributed by atoms with van der Waals surface area (Å²) in [5.41, 5.74) is 5.18. The lowest BCUT2D eigenvalue weighted by Gasteiger charge is -2.34. The van der Waals surface area contributed by atoms with Crippen molar-refractivity contribution in [2.24, 2.45) is 10.7 Å². The number of amides is 1. The minimum absolute atomic E-state index is 0. The lowest BCUT2D eigenvalue weighted by Crippen LogP contribution is -2.47. The van der Waals surface area contributed by atoms with Crippen LogP contribution in [0.2, 0.25) is 0 Å². The Kier molecular flexibility index (Phi) is 9.12. The molecule has 0 aliphatic carbocycles. The summed E-state index contributed by atoms with van der Waals surface area (Å²) in [5, 5.41) is 3.30. The normalized spacial score (nSPS) is 15.9. The monoisotopic (exact) mass is 450 g/mol. The molecular formula is C16H27IN4O3. The van der Waals surface area contributed by atoms with E-state index in [2.05, 4.69) is 15.2 Å². The number of aliphatic imine (C=N–C) groups is 1. The summed E-state index contributed by atoms with van der Waals surface area (Å²) in [6.45, 7) is 7.85. The molecular weight excluding hydrogens is 423 g/mol. The van der Waals surface area contributed by atoms with Gasteiger partial charge >= 0.3 is 0 Å². The number of nitrogens with one attached hydrogen (secondary N) is 1. The van der Waals surface area contributed by atoms with Crippen LogP contribution < -0.4 is 11.1 Å². The Balaban J connectivity index is 0.00000288. The minimum atomic E-state index is -0.565. The van der Waals surface area contributed by atoms with Gasteiger partial charge in [-0.25, -0.2) is 4.99 Å². The Morgan fingerprint density at radius 1 is 1.42 bits per heavy atom. The van der Waals surface area contributed by atoms with E-state index in [0.29, 0.717) is 18.4 Å². The van der Waals surface area contributed by atoms with Crippen LogP contribution in [0, 0.1) is 0 Å². The van der Waals surface area contributed by atoms with E-state index in [4.69, 9.17) is 14.9 Å². The molecule has 1 fully saturated rings. The van der Waals surface area contributed by atoms with Crippen molar-refractivity contribution in [3.05, 3.63) is 23.7 Å². The zero-order valence-electron chi connectivity index (χ0n) is 14.3. The fourth-order valence-corrected chi connectivity index (χ4v) is 2.64. The van der Waals surface area contributed by atoms with Crippen LogP contribution in [-0.2, 0) is 11.3 Å². The van der Waals surface area contributed by atoms with Gasteiger partial charge in [-0.05, 0) is 38.8 Å². The smallest absolute Gasteiger partial charge is 0.284 e. The second-order valence-electron chi connectivity index (χ2n) is 5.44. The van der Waals surface area contributed by atoms with Gasteiger partial charge in [0.1, 0.15) is 12.3 Å². The van der Waals surface area contributed by atoms with Crippen LogP contribution in [0.5, 0.6) is 0 Å². The Bertz CT molecular complexity index is 539. The molecule has 2 heterocycles. The van der Waals surface area contributed by atoms with Crippen LogP contribution in [0.4, 0.5) is 0 Å². The van der Waals surface area contributed by atoms with Gasteiger partial charge in [0.05, 0.1) is 6.10 Å². The van der Waals surface area contributed by atoms with Gasteiger partial charge in [0.15, 0.2) is 11.7 Å². The first-order valence-electron chi connectivity index (χ1n) is 8.17. The molecule has 136 valence electrons. The van der Waals surface area contributed by atoms with E-state index >= 15 is 0 Å². The SMILES string of the molecule is CCNC(=NCc1ccc(C(N)=O)o1)N1CCC(OCC)CC1.I. The average molecular weight is 450 g/mol. The molecule has 1 aromatic rings. The topological polar surface area (TPSA) is 93.1 Å². The van der Waals surface area contributed by atoms with E-state index in [0.717, 1.165) is 45.0 Å². The number of furan rings is 1. The van der Waals surface area contributed by atoms with Crippen molar-refractivity contribution >= 4 is 35.8 Å². The van der Waals surface area contributed by atoms with Crippen molar-refractivity contribution in [3.8, 4) is 0 Å². The molecule has 1 aromatic heterocycles. The number of nitrogens with zero attached hydrogens (tertiary/aromatic N) is 2. The summed E-state index contributed by atoms with van der Waals surface area (Å²) in [6.07, 6.45) is 2.36. The number of carbonyl (C=O) groups excluding carboxylic acids is 1. The molecule has 0 radical (unpaired) electrons. The summed E-state index contributed by atoms with van der Waals surface area (Å²) < 4.78 is 11.0. The maximum absolute atomic E-state index is 11.0. The lowest BCUT2D eigenvalue weighted by molar-refractivity contribution is 0.0263. The van der Waals surface area contributed by atoms with Crippen molar-refractivity contribution in [1.82, 2.24) is 10.2 Å². The first-order chi connectivity index (χ1) is 11.1. The van der Waals surface area contributed by atoms with Crippen LogP contribution in [0.1, 0.15) is 43.0 Å². The third kappa shape index (κ3) is 5.97. The molecule has 0 unspecified atom stereocenters. The highest BCUT2D eigenvalue weighted by Gasteiger charge is 2.21. The third-order valence-corrected chi connectivity index (χ3v) is 3.77. The van der Waals surface area contributed by atoms with Crippen molar-refractivity contribution in [2.75, 3.05) is 26.2 Å². The number of halogens is 1. The third-order valence-electron chi connectivity index (χ3n) is 3.77. The van der Waals surface area contributed by atoms with Crippen molar-refractivity contribution < 1.29 is 13.9 Å². The molecule has 8 heteroatoms. The van der Waals surface area contributed by atoms with Crippen molar-refractivity contribution in [2.45, 2.75) is 39.3 Å². The molecule has 1 aliphatic heterocycles. The highest BCUT2D eigenvalue weighted by atomic mass is 127. The molecule has 1 amide bonds.